The van der Waals surface area contributed by atoms with Crippen molar-refractivity contribution < 1.29 is 9.53 Å². The number of hydrogen-bond donors (Lipinski definition) is 0. The number of hydrogen-bond acceptors (Lipinski definition) is 2. The molecule has 0 N–H and O–H groups in total. The molecule has 0 aliphatic heterocycles. The van der Waals surface area contributed by atoms with Gasteiger partial charge in [0.2, 0.25) is 0 Å². The number of benzene rings is 2. The van der Waals surface area contributed by atoms with Crippen LogP contribution in [0.1, 0.15) is 36.7 Å². The van der Waals surface area contributed by atoms with Crippen LogP contribution in [0.25, 0.3) is 0 Å². The number of para-hydroxylation sites is 1. The Hall–Kier alpha value is -2.09. The zero-order valence-electron chi connectivity index (χ0n) is 12.2. The molecule has 0 saturated heterocycles. The highest BCUT2D eigenvalue weighted by atomic mass is 16.5. The second-order valence-electron chi connectivity index (χ2n) is 5.25. The van der Waals surface area contributed by atoms with Crippen LogP contribution in [0.15, 0.2) is 54.6 Å². The number of rotatable bonds is 5. The highest BCUT2D eigenvalue weighted by Gasteiger charge is 2.32. The van der Waals surface area contributed by atoms with Crippen molar-refractivity contribution in [2.75, 3.05) is 6.61 Å². The Balaban J connectivity index is 2.41. The van der Waals surface area contributed by atoms with Gasteiger partial charge in [-0.3, -0.25) is 4.79 Å². The molecule has 0 spiro atoms. The lowest BCUT2D eigenvalue weighted by atomic mass is 9.78. The van der Waals surface area contributed by atoms with Gasteiger partial charge in [-0.2, -0.15) is 0 Å². The van der Waals surface area contributed by atoms with Gasteiger partial charge >= 0.3 is 0 Å². The molecule has 0 saturated carbocycles. The molecule has 2 aromatic carbocycles. The summed E-state index contributed by atoms with van der Waals surface area (Å²) in [5, 5.41) is 0. The van der Waals surface area contributed by atoms with E-state index in [1.165, 1.54) is 0 Å². The van der Waals surface area contributed by atoms with Crippen molar-refractivity contribution in [2.45, 2.75) is 26.2 Å². The largest absolute Gasteiger partial charge is 0.493 e. The van der Waals surface area contributed by atoms with E-state index in [1.807, 2.05) is 75.4 Å². The fourth-order valence-corrected chi connectivity index (χ4v) is 2.26. The third-order valence-electron chi connectivity index (χ3n) is 3.49. The summed E-state index contributed by atoms with van der Waals surface area (Å²) >= 11 is 0. The lowest BCUT2D eigenvalue weighted by Gasteiger charge is -2.24. The number of ether oxygens (including phenoxy) is 1. The molecule has 0 unspecified atom stereocenters. The molecule has 104 valence electrons. The summed E-state index contributed by atoms with van der Waals surface area (Å²) in [7, 11) is 0. The first-order valence-electron chi connectivity index (χ1n) is 6.89. The van der Waals surface area contributed by atoms with E-state index in [1.54, 1.807) is 0 Å². The van der Waals surface area contributed by atoms with Gasteiger partial charge in [-0.25, -0.2) is 0 Å². The maximum Gasteiger partial charge on any atom is 0.176 e. The molecular weight excluding hydrogens is 248 g/mol. The molecule has 0 atom stereocenters. The van der Waals surface area contributed by atoms with Crippen LogP contribution in [-0.2, 0) is 5.41 Å². The van der Waals surface area contributed by atoms with E-state index < -0.39 is 5.41 Å². The van der Waals surface area contributed by atoms with E-state index >= 15 is 0 Å². The third-order valence-corrected chi connectivity index (χ3v) is 3.49. The van der Waals surface area contributed by atoms with E-state index in [-0.39, 0.29) is 5.78 Å². The minimum absolute atomic E-state index is 0.0766. The van der Waals surface area contributed by atoms with Crippen LogP contribution in [0.3, 0.4) is 0 Å². The quantitative estimate of drug-likeness (QED) is 0.758. The van der Waals surface area contributed by atoms with Crippen molar-refractivity contribution in [2.24, 2.45) is 0 Å². The van der Waals surface area contributed by atoms with Crippen molar-refractivity contribution in [1.29, 1.82) is 0 Å². The fourth-order valence-electron chi connectivity index (χ4n) is 2.26. The molecule has 0 aliphatic carbocycles. The van der Waals surface area contributed by atoms with Crippen LogP contribution in [-0.4, -0.2) is 12.4 Å². The molecule has 0 heterocycles. The van der Waals surface area contributed by atoms with Gasteiger partial charge in [-0.15, -0.1) is 0 Å². The van der Waals surface area contributed by atoms with Gasteiger partial charge in [0.05, 0.1) is 17.6 Å². The predicted molar refractivity (Wildman–Crippen MR) is 81.4 cm³/mol. The number of carbonyl (C=O) groups excluding carboxylic acids is 1. The molecule has 0 amide bonds. The fraction of sp³-hybridized carbons (Fsp3) is 0.278. The summed E-state index contributed by atoms with van der Waals surface area (Å²) in [5.41, 5.74) is 1.08. The van der Waals surface area contributed by atoms with E-state index in [4.69, 9.17) is 4.74 Å². The molecule has 2 rings (SSSR count). The molecule has 2 nitrogen and oxygen atoms in total. The third kappa shape index (κ3) is 2.74. The Bertz CT molecular complexity index is 585. The zero-order valence-corrected chi connectivity index (χ0v) is 12.2. The summed E-state index contributed by atoms with van der Waals surface area (Å²) in [6.07, 6.45) is 0. The summed E-state index contributed by atoms with van der Waals surface area (Å²) in [5.74, 6) is 0.733. The second-order valence-corrected chi connectivity index (χ2v) is 5.25. The van der Waals surface area contributed by atoms with Gasteiger partial charge in [-0.1, -0.05) is 42.5 Å². The minimum atomic E-state index is -0.575. The number of carbonyl (C=O) groups is 1. The van der Waals surface area contributed by atoms with E-state index in [0.717, 1.165) is 5.56 Å². The van der Waals surface area contributed by atoms with E-state index in [0.29, 0.717) is 17.9 Å². The van der Waals surface area contributed by atoms with Crippen molar-refractivity contribution >= 4 is 5.78 Å². The highest BCUT2D eigenvalue weighted by molar-refractivity contribution is 6.05. The average molecular weight is 268 g/mol. The van der Waals surface area contributed by atoms with Crippen molar-refractivity contribution in [3.05, 3.63) is 65.7 Å². The van der Waals surface area contributed by atoms with E-state index in [2.05, 4.69) is 0 Å². The summed E-state index contributed by atoms with van der Waals surface area (Å²) in [4.78, 5) is 12.9. The standard InChI is InChI=1S/C18H20O2/c1-4-20-16-13-9-8-12-15(16)17(19)18(2,3)14-10-6-5-7-11-14/h5-13H,4H2,1-3H3. The van der Waals surface area contributed by atoms with Crippen LogP contribution < -0.4 is 4.74 Å². The van der Waals surface area contributed by atoms with Crippen molar-refractivity contribution in [3.63, 3.8) is 0 Å². The van der Waals surface area contributed by atoms with Crippen LogP contribution in [0.2, 0.25) is 0 Å². The molecule has 0 bridgehead atoms. The Kier molecular flexibility index (Phi) is 4.23. The lowest BCUT2D eigenvalue weighted by Crippen LogP contribution is -2.29. The van der Waals surface area contributed by atoms with Gasteiger partial charge in [-0.05, 0) is 38.5 Å². The summed E-state index contributed by atoms with van der Waals surface area (Å²) in [6.45, 7) is 6.38. The van der Waals surface area contributed by atoms with E-state index in [9.17, 15) is 4.79 Å². The molecule has 0 aliphatic rings. The predicted octanol–water partition coefficient (Wildman–Crippen LogP) is 4.25. The normalized spacial score (nSPS) is 11.2. The second kappa shape index (κ2) is 5.91. The molecule has 0 radical (unpaired) electrons. The topological polar surface area (TPSA) is 26.3 Å². The smallest absolute Gasteiger partial charge is 0.176 e. The van der Waals surface area contributed by atoms with Crippen LogP contribution in [0.5, 0.6) is 5.75 Å². The van der Waals surface area contributed by atoms with Crippen molar-refractivity contribution in [1.82, 2.24) is 0 Å². The van der Waals surface area contributed by atoms with Gasteiger partial charge in [0.1, 0.15) is 5.75 Å². The van der Waals surface area contributed by atoms with Crippen LogP contribution in [0.4, 0.5) is 0 Å². The summed E-state index contributed by atoms with van der Waals surface area (Å²) in [6, 6.07) is 17.3. The summed E-state index contributed by atoms with van der Waals surface area (Å²) < 4.78 is 5.57. The van der Waals surface area contributed by atoms with Gasteiger partial charge < -0.3 is 4.74 Å². The number of Topliss-reactive ketones (excluding diaryl/α,β-unsaturated/α-hetero) is 1. The Morgan fingerprint density at radius 1 is 1.00 bits per heavy atom. The minimum Gasteiger partial charge on any atom is -0.493 e. The molecule has 2 heteroatoms. The Morgan fingerprint density at radius 3 is 2.25 bits per heavy atom. The Labute approximate surface area is 120 Å². The first kappa shape index (κ1) is 14.3. The first-order chi connectivity index (χ1) is 9.57. The SMILES string of the molecule is CCOc1ccccc1C(=O)C(C)(C)c1ccccc1. The molecule has 20 heavy (non-hydrogen) atoms. The maximum atomic E-state index is 12.9. The molecule has 0 fully saturated rings. The number of ketones is 1. The first-order valence-corrected chi connectivity index (χ1v) is 6.89. The maximum absolute atomic E-state index is 12.9. The van der Waals surface area contributed by atoms with Crippen LogP contribution >= 0.6 is 0 Å². The van der Waals surface area contributed by atoms with Gasteiger partial charge in [0.15, 0.2) is 5.78 Å². The van der Waals surface area contributed by atoms with Crippen LogP contribution in [0, 0.1) is 0 Å². The monoisotopic (exact) mass is 268 g/mol. The zero-order chi connectivity index (χ0) is 14.6. The van der Waals surface area contributed by atoms with Gasteiger partial charge in [0.25, 0.3) is 0 Å². The molecule has 0 aromatic heterocycles. The lowest BCUT2D eigenvalue weighted by molar-refractivity contribution is 0.0905. The Morgan fingerprint density at radius 2 is 1.60 bits per heavy atom. The average Bonchev–Trinajstić information content (AvgIpc) is 2.48. The van der Waals surface area contributed by atoms with Crippen molar-refractivity contribution in [3.8, 4) is 5.75 Å². The molecule has 2 aromatic rings. The molecular formula is C18H20O2. The van der Waals surface area contributed by atoms with Gasteiger partial charge in [0, 0.05) is 0 Å². The highest BCUT2D eigenvalue weighted by Crippen LogP contribution is 2.31.